The molecule has 0 saturated carbocycles. The number of carbonyl (C=O) groups excluding carboxylic acids is 1. The molecule has 3 rings (SSSR count). The summed E-state index contributed by atoms with van der Waals surface area (Å²) in [5, 5.41) is 3.25. The minimum absolute atomic E-state index is 0.312. The Labute approximate surface area is 170 Å². The van der Waals surface area contributed by atoms with Gasteiger partial charge in [-0.15, -0.1) is 0 Å². The van der Waals surface area contributed by atoms with E-state index in [1.165, 1.54) is 0 Å². The van der Waals surface area contributed by atoms with Gasteiger partial charge in [0.05, 0.1) is 5.56 Å². The molecule has 0 aliphatic rings. The van der Waals surface area contributed by atoms with Crippen LogP contribution < -0.4 is 10.2 Å². The molecule has 0 aliphatic carbocycles. The quantitative estimate of drug-likeness (QED) is 0.586. The van der Waals surface area contributed by atoms with Crippen LogP contribution in [0.4, 0.5) is 24.7 Å². The van der Waals surface area contributed by atoms with Crippen LogP contribution >= 0.6 is 11.6 Å². The molecule has 1 amide bonds. The Morgan fingerprint density at radius 3 is 2.38 bits per heavy atom. The number of hydrogen-bond donors (Lipinski definition) is 1. The summed E-state index contributed by atoms with van der Waals surface area (Å²) in [6, 6.07) is 14.0. The number of carbonyl (C=O) groups is 1. The third kappa shape index (κ3) is 4.86. The monoisotopic (exact) mass is 419 g/mol. The Kier molecular flexibility index (Phi) is 5.79. The second-order valence-corrected chi connectivity index (χ2v) is 6.97. The number of nitrogens with zero attached hydrogens (tertiary/aromatic N) is 2. The van der Waals surface area contributed by atoms with Crippen LogP contribution in [-0.2, 0) is 6.18 Å². The number of aromatic nitrogens is 1. The predicted molar refractivity (Wildman–Crippen MR) is 108 cm³/mol. The van der Waals surface area contributed by atoms with Crippen LogP contribution in [0.3, 0.4) is 0 Å². The fraction of sp³-hybridized carbons (Fsp3) is 0.143. The third-order valence-electron chi connectivity index (χ3n) is 4.16. The van der Waals surface area contributed by atoms with Crippen LogP contribution in [0.5, 0.6) is 0 Å². The first-order chi connectivity index (χ1) is 13.6. The maximum absolute atomic E-state index is 13.2. The van der Waals surface area contributed by atoms with E-state index >= 15 is 0 Å². The second-order valence-electron chi connectivity index (χ2n) is 6.53. The minimum atomic E-state index is -4.51. The fourth-order valence-electron chi connectivity index (χ4n) is 2.75. The van der Waals surface area contributed by atoms with Crippen molar-refractivity contribution in [2.75, 3.05) is 24.3 Å². The molecule has 29 heavy (non-hydrogen) atoms. The highest BCUT2D eigenvalue weighted by atomic mass is 35.5. The molecule has 4 nitrogen and oxygen atoms in total. The normalized spacial score (nSPS) is 11.2. The third-order valence-corrected chi connectivity index (χ3v) is 4.41. The lowest BCUT2D eigenvalue weighted by Gasteiger charge is -2.18. The van der Waals surface area contributed by atoms with Gasteiger partial charge in [0.15, 0.2) is 0 Å². The Balaban J connectivity index is 1.96. The van der Waals surface area contributed by atoms with Gasteiger partial charge in [-0.3, -0.25) is 4.79 Å². The first kappa shape index (κ1) is 20.7. The van der Waals surface area contributed by atoms with Gasteiger partial charge in [-0.05, 0) is 48.0 Å². The minimum Gasteiger partial charge on any atom is -0.362 e. The number of halogens is 4. The molecular weight excluding hydrogens is 403 g/mol. The number of alkyl halides is 3. The van der Waals surface area contributed by atoms with Gasteiger partial charge in [0.1, 0.15) is 5.82 Å². The van der Waals surface area contributed by atoms with Crippen LogP contribution in [0, 0.1) is 0 Å². The number of amides is 1. The van der Waals surface area contributed by atoms with Crippen molar-refractivity contribution in [1.29, 1.82) is 0 Å². The van der Waals surface area contributed by atoms with Crippen LogP contribution in [0.15, 0.2) is 60.8 Å². The lowest BCUT2D eigenvalue weighted by molar-refractivity contribution is -0.137. The average molecular weight is 420 g/mol. The molecule has 0 unspecified atom stereocenters. The highest BCUT2D eigenvalue weighted by molar-refractivity contribution is 6.30. The molecule has 0 aliphatic heterocycles. The summed E-state index contributed by atoms with van der Waals surface area (Å²) in [5.41, 5.74) is 0.835. The van der Waals surface area contributed by atoms with Crippen molar-refractivity contribution in [3.05, 3.63) is 76.9 Å². The summed E-state index contributed by atoms with van der Waals surface area (Å²) in [6.07, 6.45) is -3.70. The van der Waals surface area contributed by atoms with Gasteiger partial charge in [-0.2, -0.15) is 13.2 Å². The highest BCUT2D eigenvalue weighted by Gasteiger charge is 2.32. The Bertz CT molecular complexity index is 1030. The topological polar surface area (TPSA) is 45.2 Å². The van der Waals surface area contributed by atoms with Gasteiger partial charge >= 0.3 is 6.18 Å². The molecule has 3 aromatic rings. The molecule has 0 atom stereocenters. The van der Waals surface area contributed by atoms with E-state index in [-0.39, 0.29) is 5.91 Å². The standard InChI is InChI=1S/C21H17ClF3N3O/c1-28(2)19-18(11-15(12-26-19)21(23,24)25)14-4-3-5-17(10-14)27-20(29)13-6-8-16(22)9-7-13/h3-12H,1-2H3,(H,27,29). The molecule has 0 saturated heterocycles. The van der Waals surface area contributed by atoms with Crippen LogP contribution in [0.2, 0.25) is 5.02 Å². The van der Waals surface area contributed by atoms with E-state index in [1.807, 2.05) is 0 Å². The number of rotatable bonds is 4. The molecule has 0 bridgehead atoms. The highest BCUT2D eigenvalue weighted by Crippen LogP contribution is 2.36. The second kappa shape index (κ2) is 8.13. The maximum Gasteiger partial charge on any atom is 0.417 e. The number of benzene rings is 2. The molecule has 8 heteroatoms. The zero-order valence-corrected chi connectivity index (χ0v) is 16.3. The van der Waals surface area contributed by atoms with E-state index in [2.05, 4.69) is 10.3 Å². The van der Waals surface area contributed by atoms with Crippen molar-refractivity contribution in [3.8, 4) is 11.1 Å². The van der Waals surface area contributed by atoms with Crippen LogP contribution in [0.1, 0.15) is 15.9 Å². The van der Waals surface area contributed by atoms with Crippen molar-refractivity contribution in [1.82, 2.24) is 4.98 Å². The Morgan fingerprint density at radius 1 is 1.07 bits per heavy atom. The molecule has 150 valence electrons. The lowest BCUT2D eigenvalue weighted by Crippen LogP contribution is -2.14. The van der Waals surface area contributed by atoms with Crippen molar-refractivity contribution in [3.63, 3.8) is 0 Å². The molecule has 0 radical (unpaired) electrons. The summed E-state index contributed by atoms with van der Waals surface area (Å²) < 4.78 is 39.5. The first-order valence-electron chi connectivity index (χ1n) is 8.57. The van der Waals surface area contributed by atoms with Crippen LogP contribution in [0.25, 0.3) is 11.1 Å². The van der Waals surface area contributed by atoms with Gasteiger partial charge in [0.2, 0.25) is 0 Å². The van der Waals surface area contributed by atoms with Crippen molar-refractivity contribution in [2.24, 2.45) is 0 Å². The molecule has 1 N–H and O–H groups in total. The van der Waals surface area contributed by atoms with E-state index in [0.29, 0.717) is 33.2 Å². The summed E-state index contributed by atoms with van der Waals surface area (Å²) >= 11 is 5.83. The number of pyridine rings is 1. The predicted octanol–water partition coefficient (Wildman–Crippen LogP) is 5.74. The van der Waals surface area contributed by atoms with Gasteiger partial charge in [-0.1, -0.05) is 23.7 Å². The molecule has 1 heterocycles. The van der Waals surface area contributed by atoms with Crippen molar-refractivity contribution < 1.29 is 18.0 Å². The van der Waals surface area contributed by atoms with Crippen molar-refractivity contribution in [2.45, 2.75) is 6.18 Å². The Morgan fingerprint density at radius 2 is 1.76 bits per heavy atom. The first-order valence-corrected chi connectivity index (χ1v) is 8.95. The van der Waals surface area contributed by atoms with Gasteiger partial charge in [0.25, 0.3) is 5.91 Å². The number of hydrogen-bond acceptors (Lipinski definition) is 3. The van der Waals surface area contributed by atoms with Gasteiger partial charge in [-0.25, -0.2) is 4.98 Å². The van der Waals surface area contributed by atoms with E-state index < -0.39 is 11.7 Å². The van der Waals surface area contributed by atoms with Crippen molar-refractivity contribution >= 4 is 29.0 Å². The maximum atomic E-state index is 13.2. The van der Waals surface area contributed by atoms with Gasteiger partial charge < -0.3 is 10.2 Å². The van der Waals surface area contributed by atoms with Crippen LogP contribution in [-0.4, -0.2) is 25.0 Å². The average Bonchev–Trinajstić information content (AvgIpc) is 2.67. The molecule has 0 spiro atoms. The summed E-state index contributed by atoms with van der Waals surface area (Å²) in [7, 11) is 3.40. The fourth-order valence-corrected chi connectivity index (χ4v) is 2.88. The lowest BCUT2D eigenvalue weighted by atomic mass is 10.0. The van der Waals surface area contributed by atoms with E-state index in [9.17, 15) is 18.0 Å². The smallest absolute Gasteiger partial charge is 0.362 e. The molecule has 0 fully saturated rings. The molecule has 1 aromatic heterocycles. The number of anilines is 2. The molecule has 2 aromatic carbocycles. The van der Waals surface area contributed by atoms with E-state index in [0.717, 1.165) is 12.3 Å². The van der Waals surface area contributed by atoms with E-state index in [1.54, 1.807) is 67.5 Å². The Hall–Kier alpha value is -3.06. The van der Waals surface area contributed by atoms with Gasteiger partial charge in [0, 0.05) is 42.1 Å². The summed E-state index contributed by atoms with van der Waals surface area (Å²) in [6.45, 7) is 0. The molecular formula is C21H17ClF3N3O. The SMILES string of the molecule is CN(C)c1ncc(C(F)(F)F)cc1-c1cccc(NC(=O)c2ccc(Cl)cc2)c1. The number of nitrogens with one attached hydrogen (secondary N) is 1. The zero-order valence-electron chi connectivity index (χ0n) is 15.6. The summed E-state index contributed by atoms with van der Waals surface area (Å²) in [5.74, 6) is 0.0352. The zero-order chi connectivity index (χ0) is 21.2. The summed E-state index contributed by atoms with van der Waals surface area (Å²) in [4.78, 5) is 18.0. The van der Waals surface area contributed by atoms with E-state index in [4.69, 9.17) is 11.6 Å². The largest absolute Gasteiger partial charge is 0.417 e.